The molecule has 0 spiro atoms. The first kappa shape index (κ1) is 14.6. The molecule has 0 aliphatic heterocycles. The number of hydrogen-bond donors (Lipinski definition) is 1. The highest BCUT2D eigenvalue weighted by Gasteiger charge is 2.19. The van der Waals surface area contributed by atoms with Gasteiger partial charge in [-0.25, -0.2) is 4.98 Å². The average molecular weight is 263 g/mol. The van der Waals surface area contributed by atoms with Crippen LogP contribution in [0.2, 0.25) is 0 Å². The summed E-state index contributed by atoms with van der Waals surface area (Å²) in [5.74, 6) is 1.78. The van der Waals surface area contributed by atoms with Crippen LogP contribution in [0.3, 0.4) is 0 Å². The van der Waals surface area contributed by atoms with Crippen molar-refractivity contribution < 1.29 is 0 Å². The second-order valence-electron chi connectivity index (χ2n) is 7.27. The van der Waals surface area contributed by atoms with E-state index in [0.717, 1.165) is 24.9 Å². The quantitative estimate of drug-likeness (QED) is 0.899. The molecule has 1 aliphatic carbocycles. The molecule has 0 saturated heterocycles. The van der Waals surface area contributed by atoms with Gasteiger partial charge in [0.15, 0.2) is 0 Å². The van der Waals surface area contributed by atoms with Gasteiger partial charge in [-0.1, -0.05) is 19.8 Å². The van der Waals surface area contributed by atoms with Crippen LogP contribution in [0.4, 0.5) is 0 Å². The van der Waals surface area contributed by atoms with Crippen molar-refractivity contribution in [1.29, 1.82) is 0 Å². The summed E-state index contributed by atoms with van der Waals surface area (Å²) in [4.78, 5) is 4.33. The monoisotopic (exact) mass is 263 g/mol. The maximum Gasteiger partial charge on any atom is 0.0948 e. The van der Waals surface area contributed by atoms with Crippen molar-refractivity contribution in [1.82, 2.24) is 14.9 Å². The molecule has 1 fully saturated rings. The molecular formula is C16H29N3. The molecular weight excluding hydrogens is 234 g/mol. The second-order valence-corrected chi connectivity index (χ2v) is 7.27. The maximum absolute atomic E-state index is 4.33. The van der Waals surface area contributed by atoms with Crippen LogP contribution in [0.15, 0.2) is 12.5 Å². The van der Waals surface area contributed by atoms with E-state index in [4.69, 9.17) is 0 Å². The number of nitrogens with zero attached hydrogens (tertiary/aromatic N) is 2. The highest BCUT2D eigenvalue weighted by atomic mass is 15.1. The molecule has 1 saturated carbocycles. The van der Waals surface area contributed by atoms with Gasteiger partial charge in [0.2, 0.25) is 0 Å². The van der Waals surface area contributed by atoms with E-state index in [1.165, 1.54) is 31.4 Å². The Morgan fingerprint density at radius 2 is 1.95 bits per heavy atom. The van der Waals surface area contributed by atoms with Gasteiger partial charge in [-0.3, -0.25) is 0 Å². The van der Waals surface area contributed by atoms with Gasteiger partial charge in [-0.2, -0.15) is 0 Å². The molecule has 1 aromatic rings. The fraction of sp³-hybridized carbons (Fsp3) is 0.812. The van der Waals surface area contributed by atoms with Crippen molar-refractivity contribution in [3.63, 3.8) is 0 Å². The normalized spacial score (nSPS) is 24.6. The lowest BCUT2D eigenvalue weighted by atomic mass is 9.83. The molecule has 1 heterocycles. The first-order chi connectivity index (χ1) is 8.94. The smallest absolute Gasteiger partial charge is 0.0948 e. The van der Waals surface area contributed by atoms with Gasteiger partial charge in [-0.05, 0) is 45.4 Å². The Labute approximate surface area is 117 Å². The SMILES string of the molecule is CC1CCC(Cn2cncc2CNC(C)(C)C)CC1. The molecule has 0 aromatic carbocycles. The molecule has 19 heavy (non-hydrogen) atoms. The highest BCUT2D eigenvalue weighted by molar-refractivity contribution is 4.99. The average Bonchev–Trinajstić information content (AvgIpc) is 2.76. The zero-order valence-corrected chi connectivity index (χ0v) is 12.9. The number of rotatable bonds is 4. The molecule has 108 valence electrons. The van der Waals surface area contributed by atoms with Crippen LogP contribution in [0.25, 0.3) is 0 Å². The minimum atomic E-state index is 0.162. The summed E-state index contributed by atoms with van der Waals surface area (Å²) in [5, 5.41) is 3.55. The van der Waals surface area contributed by atoms with Crippen LogP contribution < -0.4 is 5.32 Å². The van der Waals surface area contributed by atoms with Crippen molar-refractivity contribution in [3.8, 4) is 0 Å². The second kappa shape index (κ2) is 6.08. The van der Waals surface area contributed by atoms with E-state index in [1.807, 2.05) is 12.5 Å². The summed E-state index contributed by atoms with van der Waals surface area (Å²) in [6.07, 6.45) is 9.56. The zero-order valence-electron chi connectivity index (χ0n) is 12.9. The third kappa shape index (κ3) is 4.64. The largest absolute Gasteiger partial charge is 0.333 e. The molecule has 0 amide bonds. The summed E-state index contributed by atoms with van der Waals surface area (Å²) < 4.78 is 2.35. The van der Waals surface area contributed by atoms with E-state index in [2.05, 4.69) is 42.6 Å². The van der Waals surface area contributed by atoms with E-state index in [-0.39, 0.29) is 5.54 Å². The van der Waals surface area contributed by atoms with Crippen molar-refractivity contribution in [2.24, 2.45) is 11.8 Å². The van der Waals surface area contributed by atoms with Crippen LogP contribution in [0.1, 0.15) is 59.1 Å². The zero-order chi connectivity index (χ0) is 13.9. The topological polar surface area (TPSA) is 29.9 Å². The Balaban J connectivity index is 1.88. The minimum absolute atomic E-state index is 0.162. The summed E-state index contributed by atoms with van der Waals surface area (Å²) in [6, 6.07) is 0. The molecule has 0 unspecified atom stereocenters. The lowest BCUT2D eigenvalue weighted by molar-refractivity contribution is 0.262. The molecule has 3 nitrogen and oxygen atoms in total. The standard InChI is InChI=1S/C16H29N3/c1-13-5-7-14(8-6-13)11-19-12-17-9-15(19)10-18-16(2,3)4/h9,12-14,18H,5-8,10-11H2,1-4H3. The Bertz CT molecular complexity index is 381. The first-order valence-corrected chi connectivity index (χ1v) is 7.68. The number of aromatic nitrogens is 2. The number of imidazole rings is 1. The lowest BCUT2D eigenvalue weighted by Crippen LogP contribution is -2.35. The summed E-state index contributed by atoms with van der Waals surface area (Å²) in [6.45, 7) is 11.1. The fourth-order valence-electron chi connectivity index (χ4n) is 2.81. The van der Waals surface area contributed by atoms with Crippen LogP contribution in [0, 0.1) is 11.8 Å². The van der Waals surface area contributed by atoms with Gasteiger partial charge >= 0.3 is 0 Å². The first-order valence-electron chi connectivity index (χ1n) is 7.68. The lowest BCUT2D eigenvalue weighted by Gasteiger charge is -2.27. The summed E-state index contributed by atoms with van der Waals surface area (Å²) >= 11 is 0. The summed E-state index contributed by atoms with van der Waals surface area (Å²) in [7, 11) is 0. The Morgan fingerprint density at radius 3 is 2.58 bits per heavy atom. The van der Waals surface area contributed by atoms with Gasteiger partial charge in [0, 0.05) is 24.8 Å². The maximum atomic E-state index is 4.33. The third-order valence-corrected chi connectivity index (χ3v) is 4.19. The fourth-order valence-corrected chi connectivity index (χ4v) is 2.81. The molecule has 0 radical (unpaired) electrons. The van der Waals surface area contributed by atoms with Gasteiger partial charge in [0.05, 0.1) is 12.0 Å². The molecule has 3 heteroatoms. The van der Waals surface area contributed by atoms with E-state index < -0.39 is 0 Å². The summed E-state index contributed by atoms with van der Waals surface area (Å²) in [5.41, 5.74) is 1.48. The number of nitrogens with one attached hydrogen (secondary N) is 1. The Morgan fingerprint density at radius 1 is 1.26 bits per heavy atom. The minimum Gasteiger partial charge on any atom is -0.333 e. The van der Waals surface area contributed by atoms with Crippen LogP contribution >= 0.6 is 0 Å². The van der Waals surface area contributed by atoms with Gasteiger partial charge in [-0.15, -0.1) is 0 Å². The van der Waals surface area contributed by atoms with Crippen LogP contribution in [-0.2, 0) is 13.1 Å². The van der Waals surface area contributed by atoms with Gasteiger partial charge < -0.3 is 9.88 Å². The van der Waals surface area contributed by atoms with E-state index in [0.29, 0.717) is 0 Å². The third-order valence-electron chi connectivity index (χ3n) is 4.19. The highest BCUT2D eigenvalue weighted by Crippen LogP contribution is 2.29. The predicted octanol–water partition coefficient (Wildman–Crippen LogP) is 3.60. The van der Waals surface area contributed by atoms with Gasteiger partial charge in [0.1, 0.15) is 0 Å². The van der Waals surface area contributed by atoms with E-state index in [1.54, 1.807) is 0 Å². The molecule has 2 rings (SSSR count). The molecule has 1 aromatic heterocycles. The van der Waals surface area contributed by atoms with Crippen molar-refractivity contribution in [2.45, 2.75) is 72.0 Å². The Kier molecular flexibility index (Phi) is 4.67. The van der Waals surface area contributed by atoms with Crippen molar-refractivity contribution in [3.05, 3.63) is 18.2 Å². The van der Waals surface area contributed by atoms with Crippen LogP contribution in [0.5, 0.6) is 0 Å². The van der Waals surface area contributed by atoms with Crippen molar-refractivity contribution in [2.75, 3.05) is 0 Å². The molecule has 1 N–H and O–H groups in total. The van der Waals surface area contributed by atoms with E-state index >= 15 is 0 Å². The molecule has 0 atom stereocenters. The molecule has 1 aliphatic rings. The van der Waals surface area contributed by atoms with E-state index in [9.17, 15) is 0 Å². The van der Waals surface area contributed by atoms with Gasteiger partial charge in [0.25, 0.3) is 0 Å². The Hall–Kier alpha value is -0.830. The van der Waals surface area contributed by atoms with Crippen molar-refractivity contribution >= 4 is 0 Å². The predicted molar refractivity (Wildman–Crippen MR) is 79.9 cm³/mol. The molecule has 0 bridgehead atoms. The van der Waals surface area contributed by atoms with Crippen LogP contribution in [-0.4, -0.2) is 15.1 Å². The number of hydrogen-bond acceptors (Lipinski definition) is 2.